The number of nitrogens with zero attached hydrogens (tertiary/aromatic N) is 5. The fourth-order valence-electron chi connectivity index (χ4n) is 4.97. The Morgan fingerprint density at radius 1 is 1.17 bits per heavy atom. The highest BCUT2D eigenvalue weighted by Crippen LogP contribution is 2.31. The fraction of sp³-hybridized carbons (Fsp3) is 0.226. The van der Waals surface area contributed by atoms with Crippen LogP contribution in [0.2, 0.25) is 0 Å². The number of benzene rings is 2. The van der Waals surface area contributed by atoms with Crippen LogP contribution in [0.5, 0.6) is 0 Å². The molecule has 4 N–H and O–H groups in total. The lowest BCUT2D eigenvalue weighted by molar-refractivity contribution is -0.117. The van der Waals surface area contributed by atoms with Crippen molar-refractivity contribution in [1.82, 2.24) is 29.2 Å². The van der Waals surface area contributed by atoms with E-state index >= 15 is 0 Å². The normalized spacial score (nSPS) is 12.4. The molecule has 2 amide bonds. The molecular weight excluding hydrogens is 516 g/mol. The first-order valence-electron chi connectivity index (χ1n) is 13.3. The topological polar surface area (TPSA) is 123 Å². The molecule has 0 aliphatic rings. The van der Waals surface area contributed by atoms with Crippen molar-refractivity contribution in [3.8, 4) is 11.3 Å². The number of likely N-dealkylation sites (N-methyl/N-ethyl adjacent to an activating group) is 1. The van der Waals surface area contributed by atoms with Crippen LogP contribution in [-0.2, 0) is 11.8 Å². The number of nitrogen functional groups attached to an aromatic ring is 1. The lowest BCUT2D eigenvalue weighted by Gasteiger charge is -2.12. The summed E-state index contributed by atoms with van der Waals surface area (Å²) in [5.41, 5.74) is 11.6. The van der Waals surface area contributed by atoms with Crippen molar-refractivity contribution in [2.24, 2.45) is 7.05 Å². The first-order valence-corrected chi connectivity index (χ1v) is 13.3. The van der Waals surface area contributed by atoms with Crippen molar-refractivity contribution >= 4 is 39.7 Å². The molecule has 0 unspecified atom stereocenters. The molecule has 0 saturated carbocycles. The monoisotopic (exact) mass is 550 g/mol. The highest BCUT2D eigenvalue weighted by molar-refractivity contribution is 6.06. The van der Waals surface area contributed by atoms with E-state index in [0.29, 0.717) is 46.2 Å². The van der Waals surface area contributed by atoms with Gasteiger partial charge in [-0.2, -0.15) is 0 Å². The first kappa shape index (κ1) is 27.6. The van der Waals surface area contributed by atoms with Gasteiger partial charge in [-0.3, -0.25) is 14.0 Å². The Kier molecular flexibility index (Phi) is 7.58. The molecule has 0 fully saturated rings. The molecule has 2 aromatic carbocycles. The zero-order chi connectivity index (χ0) is 29.3. The van der Waals surface area contributed by atoms with Crippen LogP contribution >= 0.6 is 0 Å². The molecule has 10 nitrogen and oxygen atoms in total. The maximum Gasteiger partial charge on any atom is 0.255 e. The van der Waals surface area contributed by atoms with Gasteiger partial charge < -0.3 is 25.8 Å². The highest BCUT2D eigenvalue weighted by Gasteiger charge is 2.21. The Morgan fingerprint density at radius 2 is 1.98 bits per heavy atom. The second kappa shape index (κ2) is 11.3. The van der Waals surface area contributed by atoms with Crippen LogP contribution in [0, 0.1) is 6.92 Å². The van der Waals surface area contributed by atoms with Crippen molar-refractivity contribution in [2.45, 2.75) is 19.9 Å². The number of anilines is 2. The molecule has 0 aliphatic carbocycles. The number of hydrogen-bond donors (Lipinski definition) is 3. The Bertz CT molecular complexity index is 1800. The summed E-state index contributed by atoms with van der Waals surface area (Å²) in [5.74, 6) is 0.435. The molecule has 0 spiro atoms. The minimum absolute atomic E-state index is 0.220. The van der Waals surface area contributed by atoms with Crippen molar-refractivity contribution < 1.29 is 9.59 Å². The van der Waals surface area contributed by atoms with Gasteiger partial charge >= 0.3 is 0 Å². The zero-order valence-corrected chi connectivity index (χ0v) is 23.8. The lowest BCUT2D eigenvalue weighted by atomic mass is 10.1. The van der Waals surface area contributed by atoms with Gasteiger partial charge in [0.2, 0.25) is 5.91 Å². The van der Waals surface area contributed by atoms with E-state index in [2.05, 4.69) is 28.7 Å². The largest absolute Gasteiger partial charge is 0.382 e. The van der Waals surface area contributed by atoms with Crippen LogP contribution in [-0.4, -0.2) is 56.3 Å². The lowest BCUT2D eigenvalue weighted by Crippen LogP contribution is -2.26. The van der Waals surface area contributed by atoms with E-state index in [1.54, 1.807) is 30.6 Å². The smallest absolute Gasteiger partial charge is 0.255 e. The number of rotatable bonds is 8. The Balaban J connectivity index is 1.44. The number of carbonyl (C=O) groups excluding carboxylic acids is 2. The molecule has 5 rings (SSSR count). The third kappa shape index (κ3) is 5.68. The second-order valence-electron chi connectivity index (χ2n) is 10.4. The summed E-state index contributed by atoms with van der Waals surface area (Å²) in [7, 11) is 5.86. The van der Waals surface area contributed by atoms with Gasteiger partial charge in [-0.05, 0) is 57.8 Å². The van der Waals surface area contributed by atoms with Gasteiger partial charge in [0.05, 0.1) is 11.6 Å². The maximum absolute atomic E-state index is 13.3. The van der Waals surface area contributed by atoms with E-state index in [1.807, 2.05) is 72.3 Å². The predicted octanol–water partition coefficient (Wildman–Crippen LogP) is 4.33. The van der Waals surface area contributed by atoms with Gasteiger partial charge in [-0.1, -0.05) is 24.3 Å². The van der Waals surface area contributed by atoms with Gasteiger partial charge in [0.25, 0.3) is 5.91 Å². The third-order valence-electron chi connectivity index (χ3n) is 6.94. The first-order chi connectivity index (χ1) is 19.6. The SMILES string of the molecule is Cc1cn(C)c2cc(NC(=O)c3cccc(-c4nc([C@H](C)NC(=O)/C=C/CN(C)C)n5ccnc(N)c45)c3)ccc12. The number of amides is 2. The molecule has 0 radical (unpaired) electrons. The summed E-state index contributed by atoms with van der Waals surface area (Å²) in [4.78, 5) is 36.9. The van der Waals surface area contributed by atoms with Gasteiger partial charge in [0.1, 0.15) is 22.9 Å². The Morgan fingerprint density at radius 3 is 2.76 bits per heavy atom. The van der Waals surface area contributed by atoms with Crippen LogP contribution in [0.4, 0.5) is 11.5 Å². The summed E-state index contributed by atoms with van der Waals surface area (Å²) < 4.78 is 3.88. The van der Waals surface area contributed by atoms with Gasteiger partial charge in [0, 0.05) is 60.5 Å². The summed E-state index contributed by atoms with van der Waals surface area (Å²) in [6.45, 7) is 4.59. The number of hydrogen-bond acceptors (Lipinski definition) is 6. The van der Waals surface area contributed by atoms with Crippen LogP contribution < -0.4 is 16.4 Å². The third-order valence-corrected chi connectivity index (χ3v) is 6.94. The number of aromatic nitrogens is 4. The average Bonchev–Trinajstić information content (AvgIpc) is 3.46. The number of carbonyl (C=O) groups is 2. The highest BCUT2D eigenvalue weighted by atomic mass is 16.2. The van der Waals surface area contributed by atoms with Crippen LogP contribution in [0.15, 0.2) is 73.2 Å². The minimum atomic E-state index is -0.419. The molecule has 41 heavy (non-hydrogen) atoms. The van der Waals surface area contributed by atoms with Gasteiger partial charge in [0.15, 0.2) is 0 Å². The summed E-state index contributed by atoms with van der Waals surface area (Å²) in [6, 6.07) is 12.7. The summed E-state index contributed by atoms with van der Waals surface area (Å²) in [6.07, 6.45) is 8.74. The number of nitrogens with two attached hydrogens (primary N) is 1. The molecule has 5 aromatic rings. The van der Waals surface area contributed by atoms with Crippen LogP contribution in [0.3, 0.4) is 0 Å². The van der Waals surface area contributed by atoms with Crippen molar-refractivity contribution in [2.75, 3.05) is 31.7 Å². The standard InChI is InChI=1S/C31H34N8O2/c1-19-18-38(5)25-17-23(11-12-24(19)25)35-31(41)22-9-6-8-21(16-22)27-28-29(32)33-13-15-39(28)30(36-27)20(2)34-26(40)10-7-14-37(3)4/h6-13,15-18,20H,14H2,1-5H3,(H2,32,33)(H,34,40)(H,35,41)/b10-7+/t20-/m0/s1. The minimum Gasteiger partial charge on any atom is -0.382 e. The van der Waals surface area contributed by atoms with Crippen molar-refractivity contribution in [3.63, 3.8) is 0 Å². The maximum atomic E-state index is 13.3. The molecule has 3 aromatic heterocycles. The van der Waals surface area contributed by atoms with Gasteiger partial charge in [-0.15, -0.1) is 0 Å². The predicted molar refractivity (Wildman–Crippen MR) is 163 cm³/mol. The molecule has 0 saturated heterocycles. The molecule has 0 bridgehead atoms. The van der Waals surface area contributed by atoms with Crippen LogP contribution in [0.1, 0.15) is 34.7 Å². The Labute approximate surface area is 238 Å². The van der Waals surface area contributed by atoms with E-state index in [4.69, 9.17) is 10.7 Å². The second-order valence-corrected chi connectivity index (χ2v) is 10.4. The number of nitrogens with one attached hydrogen (secondary N) is 2. The Hall–Kier alpha value is -4.96. The van der Waals surface area contributed by atoms with Gasteiger partial charge in [-0.25, -0.2) is 9.97 Å². The number of aryl methyl sites for hydroxylation is 2. The molecule has 0 aliphatic heterocycles. The zero-order valence-electron chi connectivity index (χ0n) is 23.8. The van der Waals surface area contributed by atoms with E-state index in [9.17, 15) is 9.59 Å². The van der Waals surface area contributed by atoms with E-state index in [0.717, 1.165) is 10.9 Å². The molecular formula is C31H34N8O2. The molecule has 3 heterocycles. The fourth-order valence-corrected chi connectivity index (χ4v) is 4.97. The molecule has 10 heteroatoms. The molecule has 1 atom stereocenters. The average molecular weight is 551 g/mol. The summed E-state index contributed by atoms with van der Waals surface area (Å²) in [5, 5.41) is 7.13. The quantitative estimate of drug-likeness (QED) is 0.247. The number of fused-ring (bicyclic) bond motifs is 2. The summed E-state index contributed by atoms with van der Waals surface area (Å²) >= 11 is 0. The van der Waals surface area contributed by atoms with Crippen LogP contribution in [0.25, 0.3) is 27.7 Å². The van der Waals surface area contributed by atoms with Crippen molar-refractivity contribution in [1.29, 1.82) is 0 Å². The number of imidazole rings is 1. The van der Waals surface area contributed by atoms with E-state index in [1.165, 1.54) is 11.6 Å². The van der Waals surface area contributed by atoms with E-state index in [-0.39, 0.29) is 11.8 Å². The molecule has 210 valence electrons. The van der Waals surface area contributed by atoms with Crippen molar-refractivity contribution in [3.05, 3.63) is 90.2 Å². The van der Waals surface area contributed by atoms with E-state index < -0.39 is 6.04 Å².